The molecule has 172 valence electrons. The van der Waals surface area contributed by atoms with Crippen molar-refractivity contribution in [2.45, 2.75) is 54.9 Å². The molecule has 5 rings (SSSR count). The van der Waals surface area contributed by atoms with Crippen LogP contribution in [-0.4, -0.2) is 9.97 Å². The number of fused-ring (bicyclic) bond motifs is 3. The van der Waals surface area contributed by atoms with Crippen LogP contribution in [0.5, 0.6) is 0 Å². The van der Waals surface area contributed by atoms with Gasteiger partial charge in [-0.2, -0.15) is 0 Å². The van der Waals surface area contributed by atoms with Crippen LogP contribution in [0.2, 0.25) is 0 Å². The first-order valence-electron chi connectivity index (χ1n) is 12.0. The summed E-state index contributed by atoms with van der Waals surface area (Å²) in [5.74, 6) is 0. The van der Waals surface area contributed by atoms with E-state index < -0.39 is 0 Å². The van der Waals surface area contributed by atoms with Crippen molar-refractivity contribution in [2.24, 2.45) is 5.41 Å². The molecule has 0 radical (unpaired) electrons. The SMILES string of the molecule is Cc1cc(C)c(-c2ccc3oc4ccc(-c5cc(CC(C)(C)C)c(C)cn5)cc4c3c2)c(C)n1. The van der Waals surface area contributed by atoms with E-state index >= 15 is 0 Å². The Labute approximate surface area is 201 Å². The van der Waals surface area contributed by atoms with Gasteiger partial charge in [-0.25, -0.2) is 0 Å². The maximum Gasteiger partial charge on any atom is 0.135 e. The second-order valence-corrected chi connectivity index (χ2v) is 10.8. The van der Waals surface area contributed by atoms with Crippen LogP contribution in [0.1, 0.15) is 48.8 Å². The number of hydrogen-bond donors (Lipinski definition) is 0. The zero-order valence-corrected chi connectivity index (χ0v) is 21.2. The van der Waals surface area contributed by atoms with Crippen LogP contribution in [-0.2, 0) is 6.42 Å². The molecule has 0 aliphatic rings. The van der Waals surface area contributed by atoms with Gasteiger partial charge in [-0.15, -0.1) is 0 Å². The average Bonchev–Trinajstić information content (AvgIpc) is 3.11. The summed E-state index contributed by atoms with van der Waals surface area (Å²) in [7, 11) is 0. The van der Waals surface area contributed by atoms with E-state index in [-0.39, 0.29) is 5.41 Å². The lowest BCUT2D eigenvalue weighted by Gasteiger charge is -2.20. The second kappa shape index (κ2) is 8.09. The molecule has 3 nitrogen and oxygen atoms in total. The number of benzene rings is 2. The predicted octanol–water partition coefficient (Wildman–Crippen LogP) is 8.53. The van der Waals surface area contributed by atoms with Crippen molar-refractivity contribution < 1.29 is 4.42 Å². The van der Waals surface area contributed by atoms with E-state index in [1.54, 1.807) is 0 Å². The molecule has 34 heavy (non-hydrogen) atoms. The summed E-state index contributed by atoms with van der Waals surface area (Å²) in [5.41, 5.74) is 12.5. The molecule has 0 saturated carbocycles. The summed E-state index contributed by atoms with van der Waals surface area (Å²) in [6.45, 7) is 15.3. The molecule has 0 saturated heterocycles. The monoisotopic (exact) mass is 448 g/mol. The Morgan fingerprint density at radius 1 is 0.765 bits per heavy atom. The number of aromatic nitrogens is 2. The molecule has 3 aromatic heterocycles. The molecule has 5 aromatic rings. The first-order chi connectivity index (χ1) is 16.1. The summed E-state index contributed by atoms with van der Waals surface area (Å²) >= 11 is 0. The molecule has 0 spiro atoms. The van der Waals surface area contributed by atoms with Gasteiger partial charge in [0.15, 0.2) is 0 Å². The van der Waals surface area contributed by atoms with Crippen LogP contribution in [0.15, 0.2) is 59.1 Å². The third kappa shape index (κ3) is 4.11. The van der Waals surface area contributed by atoms with Gasteiger partial charge in [0.1, 0.15) is 11.2 Å². The Morgan fingerprint density at radius 3 is 2.06 bits per heavy atom. The molecule has 0 fully saturated rings. The smallest absolute Gasteiger partial charge is 0.135 e. The molecule has 0 unspecified atom stereocenters. The van der Waals surface area contributed by atoms with E-state index in [0.29, 0.717) is 0 Å². The Kier molecular flexibility index (Phi) is 5.31. The minimum absolute atomic E-state index is 0.228. The fourth-order valence-electron chi connectivity index (χ4n) is 5.04. The van der Waals surface area contributed by atoms with Crippen LogP contribution < -0.4 is 0 Å². The largest absolute Gasteiger partial charge is 0.456 e. The lowest BCUT2D eigenvalue weighted by molar-refractivity contribution is 0.410. The Balaban J connectivity index is 1.64. The van der Waals surface area contributed by atoms with Gasteiger partial charge in [0.05, 0.1) is 5.69 Å². The van der Waals surface area contributed by atoms with Crippen molar-refractivity contribution in [3.63, 3.8) is 0 Å². The van der Waals surface area contributed by atoms with Gasteiger partial charge in [0, 0.05) is 39.5 Å². The van der Waals surface area contributed by atoms with Crippen molar-refractivity contribution in [3.05, 3.63) is 82.8 Å². The van der Waals surface area contributed by atoms with Gasteiger partial charge in [-0.1, -0.05) is 26.8 Å². The molecule has 0 aliphatic heterocycles. The van der Waals surface area contributed by atoms with Crippen LogP contribution in [0, 0.1) is 33.1 Å². The molecule has 2 aromatic carbocycles. The molecule has 0 N–H and O–H groups in total. The highest BCUT2D eigenvalue weighted by molar-refractivity contribution is 6.07. The van der Waals surface area contributed by atoms with Crippen LogP contribution in [0.25, 0.3) is 44.3 Å². The maximum absolute atomic E-state index is 6.19. The highest BCUT2D eigenvalue weighted by Crippen LogP contribution is 2.36. The lowest BCUT2D eigenvalue weighted by atomic mass is 9.86. The molecule has 0 amide bonds. The first-order valence-corrected chi connectivity index (χ1v) is 12.0. The van der Waals surface area contributed by atoms with Crippen molar-refractivity contribution in [2.75, 3.05) is 0 Å². The highest BCUT2D eigenvalue weighted by Gasteiger charge is 2.16. The molecule has 3 heteroatoms. The second-order valence-electron chi connectivity index (χ2n) is 10.8. The number of furan rings is 1. The molecular formula is C31H32N2O. The first kappa shape index (κ1) is 22.3. The van der Waals surface area contributed by atoms with E-state index in [0.717, 1.165) is 51.0 Å². The summed E-state index contributed by atoms with van der Waals surface area (Å²) in [4.78, 5) is 9.47. The van der Waals surface area contributed by atoms with E-state index in [9.17, 15) is 0 Å². The third-order valence-electron chi connectivity index (χ3n) is 6.51. The fourth-order valence-corrected chi connectivity index (χ4v) is 5.04. The summed E-state index contributed by atoms with van der Waals surface area (Å²) in [5, 5.41) is 2.24. The van der Waals surface area contributed by atoms with E-state index in [1.807, 2.05) is 13.1 Å². The fraction of sp³-hybridized carbons (Fsp3) is 0.290. The number of rotatable bonds is 3. The topological polar surface area (TPSA) is 38.9 Å². The average molecular weight is 449 g/mol. The van der Waals surface area contributed by atoms with Gasteiger partial charge in [-0.05, 0) is 104 Å². The molecule has 3 heterocycles. The Bertz CT molecular complexity index is 1530. The van der Waals surface area contributed by atoms with Crippen molar-refractivity contribution in [1.82, 2.24) is 9.97 Å². The molecular weight excluding hydrogens is 416 g/mol. The number of hydrogen-bond acceptors (Lipinski definition) is 3. The van der Waals surface area contributed by atoms with Crippen molar-refractivity contribution in [3.8, 4) is 22.4 Å². The number of nitrogens with zero attached hydrogens (tertiary/aromatic N) is 2. The van der Waals surface area contributed by atoms with Gasteiger partial charge in [-0.3, -0.25) is 9.97 Å². The summed E-state index contributed by atoms with van der Waals surface area (Å²) in [6, 6.07) is 17.3. The summed E-state index contributed by atoms with van der Waals surface area (Å²) < 4.78 is 6.19. The van der Waals surface area contributed by atoms with E-state index in [1.165, 1.54) is 27.8 Å². The summed E-state index contributed by atoms with van der Waals surface area (Å²) in [6.07, 6.45) is 3.03. The van der Waals surface area contributed by atoms with Gasteiger partial charge in [0.2, 0.25) is 0 Å². The van der Waals surface area contributed by atoms with Crippen LogP contribution in [0.4, 0.5) is 0 Å². The van der Waals surface area contributed by atoms with Gasteiger partial charge in [0.25, 0.3) is 0 Å². The maximum atomic E-state index is 6.19. The normalized spacial score (nSPS) is 12.1. The number of pyridine rings is 2. The van der Waals surface area contributed by atoms with Crippen LogP contribution >= 0.6 is 0 Å². The highest BCUT2D eigenvalue weighted by atomic mass is 16.3. The zero-order valence-electron chi connectivity index (χ0n) is 21.2. The van der Waals surface area contributed by atoms with E-state index in [4.69, 9.17) is 14.4 Å². The minimum Gasteiger partial charge on any atom is -0.456 e. The van der Waals surface area contributed by atoms with Gasteiger partial charge < -0.3 is 4.42 Å². The molecule has 0 atom stereocenters. The molecule has 0 aliphatic carbocycles. The van der Waals surface area contributed by atoms with Crippen molar-refractivity contribution >= 4 is 21.9 Å². The third-order valence-corrected chi connectivity index (χ3v) is 6.51. The van der Waals surface area contributed by atoms with E-state index in [2.05, 4.69) is 90.1 Å². The van der Waals surface area contributed by atoms with Gasteiger partial charge >= 0.3 is 0 Å². The number of aryl methyl sites for hydroxylation is 4. The zero-order chi connectivity index (χ0) is 24.2. The van der Waals surface area contributed by atoms with Crippen LogP contribution in [0.3, 0.4) is 0 Å². The lowest BCUT2D eigenvalue weighted by Crippen LogP contribution is -2.10. The predicted molar refractivity (Wildman–Crippen MR) is 142 cm³/mol. The molecule has 0 bridgehead atoms. The van der Waals surface area contributed by atoms with Crippen molar-refractivity contribution in [1.29, 1.82) is 0 Å². The quantitative estimate of drug-likeness (QED) is 0.277. The minimum atomic E-state index is 0.228. The standard InChI is InChI=1S/C31H32N2O/c1-18-12-20(3)33-21(4)30(18)23-9-11-29-26(14-23)25-13-22(8-10-28(25)34-29)27-15-24(16-31(5,6)7)19(2)17-32-27/h8-15,17H,16H2,1-7H3. The Hall–Kier alpha value is -3.46. The Morgan fingerprint density at radius 2 is 1.41 bits per heavy atom.